The van der Waals surface area contributed by atoms with Crippen molar-refractivity contribution < 1.29 is 17.6 Å². The summed E-state index contributed by atoms with van der Waals surface area (Å²) >= 11 is 0. The predicted octanol–water partition coefficient (Wildman–Crippen LogP) is 1.60. The first-order chi connectivity index (χ1) is 10.9. The highest BCUT2D eigenvalue weighted by Crippen LogP contribution is 2.42. The van der Waals surface area contributed by atoms with E-state index in [1.54, 1.807) is 24.0 Å². The molecule has 1 aromatic carbocycles. The van der Waals surface area contributed by atoms with Crippen LogP contribution in [-0.2, 0) is 21.4 Å². The van der Waals surface area contributed by atoms with Gasteiger partial charge in [0.15, 0.2) is 0 Å². The van der Waals surface area contributed by atoms with Crippen LogP contribution in [0.5, 0.6) is 0 Å². The van der Waals surface area contributed by atoms with Gasteiger partial charge in [-0.05, 0) is 37.5 Å². The molecule has 1 aromatic rings. The minimum absolute atomic E-state index is 0.00411. The van der Waals surface area contributed by atoms with Gasteiger partial charge in [0.25, 0.3) is 0 Å². The summed E-state index contributed by atoms with van der Waals surface area (Å²) in [5.41, 5.74) is 0.168. The molecule has 5 nitrogen and oxygen atoms in total. The van der Waals surface area contributed by atoms with E-state index in [0.717, 1.165) is 5.56 Å². The van der Waals surface area contributed by atoms with Gasteiger partial charge in [-0.3, -0.25) is 4.79 Å². The van der Waals surface area contributed by atoms with Gasteiger partial charge in [-0.1, -0.05) is 12.1 Å². The van der Waals surface area contributed by atoms with Crippen molar-refractivity contribution in [1.82, 2.24) is 9.21 Å². The second-order valence-electron chi connectivity index (χ2n) is 6.37. The summed E-state index contributed by atoms with van der Waals surface area (Å²) in [7, 11) is -3.25. The minimum Gasteiger partial charge on any atom is -0.338 e. The second kappa shape index (κ2) is 5.87. The van der Waals surface area contributed by atoms with E-state index >= 15 is 0 Å². The summed E-state index contributed by atoms with van der Waals surface area (Å²) in [6, 6.07) is 6.23. The SMILES string of the molecule is CCS(=O)(=O)N1CC[C@@]2(CCN(Cc3cccc(F)c3)C2=O)C1. The molecule has 2 aliphatic rings. The zero-order valence-electron chi connectivity index (χ0n) is 13.2. The molecule has 0 aliphatic carbocycles. The number of likely N-dealkylation sites (tertiary alicyclic amines) is 1. The molecule has 126 valence electrons. The Bertz CT molecular complexity index is 722. The van der Waals surface area contributed by atoms with Gasteiger partial charge in [0, 0.05) is 26.2 Å². The Morgan fingerprint density at radius 3 is 2.70 bits per heavy atom. The molecule has 7 heteroatoms. The number of benzene rings is 1. The molecule has 2 fully saturated rings. The average Bonchev–Trinajstić information content (AvgIpc) is 3.08. The summed E-state index contributed by atoms with van der Waals surface area (Å²) in [4.78, 5) is 14.5. The smallest absolute Gasteiger partial charge is 0.230 e. The van der Waals surface area contributed by atoms with E-state index < -0.39 is 15.4 Å². The van der Waals surface area contributed by atoms with Gasteiger partial charge in [0.05, 0.1) is 11.2 Å². The number of carbonyl (C=O) groups is 1. The van der Waals surface area contributed by atoms with Crippen LogP contribution >= 0.6 is 0 Å². The molecule has 2 aliphatic heterocycles. The van der Waals surface area contributed by atoms with Crippen molar-refractivity contribution in [2.45, 2.75) is 26.3 Å². The molecule has 0 unspecified atom stereocenters. The monoisotopic (exact) mass is 340 g/mol. The molecule has 3 rings (SSSR count). The molecule has 0 bridgehead atoms. The Balaban J connectivity index is 1.72. The fourth-order valence-corrected chi connectivity index (χ4v) is 4.71. The summed E-state index contributed by atoms with van der Waals surface area (Å²) in [6.45, 7) is 3.28. The number of sulfonamides is 1. The molecule has 0 N–H and O–H groups in total. The molecule has 1 spiro atoms. The van der Waals surface area contributed by atoms with Gasteiger partial charge in [-0.15, -0.1) is 0 Å². The first-order valence-electron chi connectivity index (χ1n) is 7.88. The Morgan fingerprint density at radius 2 is 2.00 bits per heavy atom. The van der Waals surface area contributed by atoms with Crippen molar-refractivity contribution in [2.24, 2.45) is 5.41 Å². The van der Waals surface area contributed by atoms with Crippen LogP contribution in [0, 0.1) is 11.2 Å². The van der Waals surface area contributed by atoms with E-state index in [2.05, 4.69) is 0 Å². The van der Waals surface area contributed by atoms with Crippen molar-refractivity contribution >= 4 is 15.9 Å². The molecule has 0 radical (unpaired) electrons. The van der Waals surface area contributed by atoms with Crippen LogP contribution in [-0.4, -0.2) is 48.9 Å². The Hall–Kier alpha value is -1.47. The molecular formula is C16H21FN2O3S. The molecule has 0 aromatic heterocycles. The molecule has 23 heavy (non-hydrogen) atoms. The third kappa shape index (κ3) is 2.99. The lowest BCUT2D eigenvalue weighted by atomic mass is 9.86. The van der Waals surface area contributed by atoms with E-state index in [1.165, 1.54) is 16.4 Å². The third-order valence-corrected chi connectivity index (χ3v) is 6.77. The number of amides is 1. The molecule has 2 heterocycles. The number of hydrogen-bond donors (Lipinski definition) is 0. The fourth-order valence-electron chi connectivity index (χ4n) is 3.53. The zero-order valence-corrected chi connectivity index (χ0v) is 14.0. The first kappa shape index (κ1) is 16.4. The fraction of sp³-hybridized carbons (Fsp3) is 0.562. The van der Waals surface area contributed by atoms with Crippen LogP contribution in [0.25, 0.3) is 0 Å². The molecule has 0 saturated carbocycles. The maximum Gasteiger partial charge on any atom is 0.230 e. The highest BCUT2D eigenvalue weighted by atomic mass is 32.2. The van der Waals surface area contributed by atoms with Crippen molar-refractivity contribution in [1.29, 1.82) is 0 Å². The van der Waals surface area contributed by atoms with Crippen LogP contribution in [0.15, 0.2) is 24.3 Å². The Labute approximate surface area is 136 Å². The summed E-state index contributed by atoms with van der Waals surface area (Å²) in [5.74, 6) is -0.259. The molecule has 1 atom stereocenters. The summed E-state index contributed by atoms with van der Waals surface area (Å²) in [6.07, 6.45) is 1.24. The van der Waals surface area contributed by atoms with Crippen LogP contribution in [0.2, 0.25) is 0 Å². The number of rotatable bonds is 4. The van der Waals surface area contributed by atoms with E-state index in [9.17, 15) is 17.6 Å². The Morgan fingerprint density at radius 1 is 1.26 bits per heavy atom. The van der Waals surface area contributed by atoms with Crippen LogP contribution in [0.3, 0.4) is 0 Å². The molecule has 1 amide bonds. The normalized spacial score (nSPS) is 25.7. The lowest BCUT2D eigenvalue weighted by Crippen LogP contribution is -2.38. The predicted molar refractivity (Wildman–Crippen MR) is 84.5 cm³/mol. The topological polar surface area (TPSA) is 57.7 Å². The molecule has 2 saturated heterocycles. The number of halogens is 1. The van der Waals surface area contributed by atoms with Crippen molar-refractivity contribution in [2.75, 3.05) is 25.4 Å². The van der Waals surface area contributed by atoms with E-state index in [0.29, 0.717) is 32.5 Å². The van der Waals surface area contributed by atoms with Gasteiger partial charge >= 0.3 is 0 Å². The van der Waals surface area contributed by atoms with Gasteiger partial charge in [-0.25, -0.2) is 17.1 Å². The molecular weight excluding hydrogens is 319 g/mol. The number of hydrogen-bond acceptors (Lipinski definition) is 3. The van der Waals surface area contributed by atoms with Gasteiger partial charge in [-0.2, -0.15) is 0 Å². The minimum atomic E-state index is -3.25. The maximum absolute atomic E-state index is 13.3. The lowest BCUT2D eigenvalue weighted by Gasteiger charge is -2.23. The van der Waals surface area contributed by atoms with Gasteiger partial charge in [0.1, 0.15) is 5.82 Å². The standard InChI is InChI=1S/C16H21FN2O3S/c1-2-23(21,22)19-9-7-16(12-19)6-8-18(15(16)20)11-13-4-3-5-14(17)10-13/h3-5,10H,2,6-9,11-12H2,1H3/t16-/m0/s1. The highest BCUT2D eigenvalue weighted by molar-refractivity contribution is 7.89. The average molecular weight is 340 g/mol. The van der Waals surface area contributed by atoms with Gasteiger partial charge < -0.3 is 4.90 Å². The lowest BCUT2D eigenvalue weighted by molar-refractivity contribution is -0.135. The summed E-state index contributed by atoms with van der Waals surface area (Å²) < 4.78 is 38.8. The van der Waals surface area contributed by atoms with E-state index in [4.69, 9.17) is 0 Å². The quantitative estimate of drug-likeness (QED) is 0.836. The number of carbonyl (C=O) groups excluding carboxylic acids is 1. The third-order valence-electron chi connectivity index (χ3n) is 4.94. The van der Waals surface area contributed by atoms with E-state index in [1.807, 2.05) is 0 Å². The second-order valence-corrected chi connectivity index (χ2v) is 8.63. The van der Waals surface area contributed by atoms with Crippen molar-refractivity contribution in [3.63, 3.8) is 0 Å². The van der Waals surface area contributed by atoms with Crippen LogP contribution < -0.4 is 0 Å². The van der Waals surface area contributed by atoms with Crippen molar-refractivity contribution in [3.8, 4) is 0 Å². The summed E-state index contributed by atoms with van der Waals surface area (Å²) in [5, 5.41) is 0. The van der Waals surface area contributed by atoms with Crippen LogP contribution in [0.4, 0.5) is 4.39 Å². The largest absolute Gasteiger partial charge is 0.338 e. The van der Waals surface area contributed by atoms with E-state index in [-0.39, 0.29) is 24.0 Å². The zero-order chi connectivity index (χ0) is 16.7. The van der Waals surface area contributed by atoms with Crippen molar-refractivity contribution in [3.05, 3.63) is 35.6 Å². The highest BCUT2D eigenvalue weighted by Gasteiger charge is 2.52. The van der Waals surface area contributed by atoms with Gasteiger partial charge in [0.2, 0.25) is 15.9 Å². The number of nitrogens with zero attached hydrogens (tertiary/aromatic N) is 2. The Kier molecular flexibility index (Phi) is 4.18. The first-order valence-corrected chi connectivity index (χ1v) is 9.49. The maximum atomic E-state index is 13.3. The van der Waals surface area contributed by atoms with Crippen LogP contribution in [0.1, 0.15) is 25.3 Å².